The van der Waals surface area contributed by atoms with Crippen LogP contribution >= 0.6 is 0 Å². The molecular weight excluding hydrogens is 206 g/mol. The molecule has 0 spiro atoms. The Kier molecular flexibility index (Phi) is 2.93. The van der Waals surface area contributed by atoms with Crippen LogP contribution in [0.3, 0.4) is 0 Å². The fourth-order valence-corrected chi connectivity index (χ4v) is 2.62. The molecule has 0 amide bonds. The first-order valence-corrected chi connectivity index (χ1v) is 6.31. The van der Waals surface area contributed by atoms with Crippen molar-refractivity contribution >= 4 is 0 Å². The molecule has 0 bridgehead atoms. The van der Waals surface area contributed by atoms with Gasteiger partial charge in [-0.15, -0.1) is 0 Å². The summed E-state index contributed by atoms with van der Waals surface area (Å²) in [7, 11) is 0. The normalized spacial score (nSPS) is 19.4. The summed E-state index contributed by atoms with van der Waals surface area (Å²) in [6.07, 6.45) is 2.41. The monoisotopic (exact) mass is 223 g/mol. The van der Waals surface area contributed by atoms with Gasteiger partial charge < -0.3 is 5.32 Å². The number of benzene rings is 2. The van der Waals surface area contributed by atoms with Crippen LogP contribution in [0.15, 0.2) is 54.6 Å². The van der Waals surface area contributed by atoms with Crippen molar-refractivity contribution in [3.05, 3.63) is 71.3 Å². The molecule has 86 valence electrons. The smallest absolute Gasteiger partial charge is 0.0579 e. The third kappa shape index (κ3) is 2.11. The van der Waals surface area contributed by atoms with Crippen molar-refractivity contribution in [1.29, 1.82) is 0 Å². The molecule has 0 saturated carbocycles. The Morgan fingerprint density at radius 2 is 1.65 bits per heavy atom. The van der Waals surface area contributed by atoms with E-state index in [9.17, 15) is 0 Å². The average molecular weight is 223 g/mol. The zero-order chi connectivity index (χ0) is 11.5. The molecule has 0 radical (unpaired) electrons. The first kappa shape index (κ1) is 10.5. The van der Waals surface area contributed by atoms with Crippen molar-refractivity contribution < 1.29 is 0 Å². The van der Waals surface area contributed by atoms with Crippen LogP contribution in [-0.2, 0) is 6.42 Å². The molecule has 1 aliphatic rings. The minimum Gasteiger partial charge on any atom is -0.306 e. The highest BCUT2D eigenvalue weighted by Gasteiger charge is 2.18. The van der Waals surface area contributed by atoms with Gasteiger partial charge in [0.25, 0.3) is 0 Å². The van der Waals surface area contributed by atoms with Gasteiger partial charge in [0.05, 0.1) is 6.04 Å². The lowest BCUT2D eigenvalue weighted by Crippen LogP contribution is -2.21. The van der Waals surface area contributed by atoms with E-state index in [0.717, 1.165) is 6.54 Å². The van der Waals surface area contributed by atoms with Crippen molar-refractivity contribution in [2.45, 2.75) is 18.9 Å². The SMILES string of the molecule is c1ccc([C@H]2NCCCc3ccccc32)cc1. The molecule has 0 unspecified atom stereocenters. The predicted molar refractivity (Wildman–Crippen MR) is 71.1 cm³/mol. The van der Waals surface area contributed by atoms with Crippen molar-refractivity contribution in [3.8, 4) is 0 Å². The highest BCUT2D eigenvalue weighted by atomic mass is 14.9. The largest absolute Gasteiger partial charge is 0.306 e. The lowest BCUT2D eigenvalue weighted by molar-refractivity contribution is 0.609. The number of hydrogen-bond donors (Lipinski definition) is 1. The van der Waals surface area contributed by atoms with E-state index in [2.05, 4.69) is 59.9 Å². The van der Waals surface area contributed by atoms with Crippen molar-refractivity contribution in [2.75, 3.05) is 6.54 Å². The second-order valence-electron chi connectivity index (χ2n) is 4.60. The summed E-state index contributed by atoms with van der Waals surface area (Å²) in [6.45, 7) is 1.09. The van der Waals surface area contributed by atoms with Crippen LogP contribution in [-0.4, -0.2) is 6.54 Å². The molecule has 0 fully saturated rings. The lowest BCUT2D eigenvalue weighted by Gasteiger charge is -2.19. The number of aryl methyl sites for hydroxylation is 1. The Bertz CT molecular complexity index is 490. The molecular formula is C16H17N. The van der Waals surface area contributed by atoms with Crippen LogP contribution in [0.4, 0.5) is 0 Å². The van der Waals surface area contributed by atoms with E-state index in [1.165, 1.54) is 29.5 Å². The van der Waals surface area contributed by atoms with Crippen LogP contribution in [0, 0.1) is 0 Å². The molecule has 0 aromatic heterocycles. The van der Waals surface area contributed by atoms with Crippen molar-refractivity contribution in [2.24, 2.45) is 0 Å². The minimum absolute atomic E-state index is 0.356. The second kappa shape index (κ2) is 4.72. The third-order valence-corrected chi connectivity index (χ3v) is 3.47. The zero-order valence-electron chi connectivity index (χ0n) is 9.89. The summed E-state index contributed by atoms with van der Waals surface area (Å²) in [5.74, 6) is 0. The third-order valence-electron chi connectivity index (χ3n) is 3.47. The van der Waals surface area contributed by atoms with E-state index in [1.807, 2.05) is 0 Å². The van der Waals surface area contributed by atoms with E-state index in [1.54, 1.807) is 0 Å². The van der Waals surface area contributed by atoms with Gasteiger partial charge in [0, 0.05) is 0 Å². The highest BCUT2D eigenvalue weighted by Crippen LogP contribution is 2.27. The van der Waals surface area contributed by atoms with E-state index >= 15 is 0 Å². The lowest BCUT2D eigenvalue weighted by atomic mass is 9.94. The Morgan fingerprint density at radius 3 is 2.53 bits per heavy atom. The predicted octanol–water partition coefficient (Wildman–Crippen LogP) is 3.31. The van der Waals surface area contributed by atoms with E-state index in [4.69, 9.17) is 0 Å². The maximum Gasteiger partial charge on any atom is 0.0579 e. The minimum atomic E-state index is 0.356. The Balaban J connectivity index is 2.06. The van der Waals surface area contributed by atoms with Crippen LogP contribution in [0.25, 0.3) is 0 Å². The fourth-order valence-electron chi connectivity index (χ4n) is 2.62. The van der Waals surface area contributed by atoms with Crippen LogP contribution < -0.4 is 5.32 Å². The maximum absolute atomic E-state index is 3.65. The molecule has 0 saturated heterocycles. The van der Waals surface area contributed by atoms with Gasteiger partial charge in [-0.1, -0.05) is 54.6 Å². The molecule has 0 aliphatic carbocycles. The summed E-state index contributed by atoms with van der Waals surface area (Å²) in [4.78, 5) is 0. The number of rotatable bonds is 1. The fraction of sp³-hybridized carbons (Fsp3) is 0.250. The quantitative estimate of drug-likeness (QED) is 0.782. The molecule has 1 nitrogen and oxygen atoms in total. The van der Waals surface area contributed by atoms with Crippen molar-refractivity contribution in [1.82, 2.24) is 5.32 Å². The van der Waals surface area contributed by atoms with Crippen molar-refractivity contribution in [3.63, 3.8) is 0 Å². The zero-order valence-corrected chi connectivity index (χ0v) is 9.89. The van der Waals surface area contributed by atoms with Gasteiger partial charge in [-0.3, -0.25) is 0 Å². The van der Waals surface area contributed by atoms with Gasteiger partial charge in [-0.25, -0.2) is 0 Å². The van der Waals surface area contributed by atoms with Gasteiger partial charge in [0.1, 0.15) is 0 Å². The van der Waals surface area contributed by atoms with Crippen LogP contribution in [0.1, 0.15) is 29.2 Å². The van der Waals surface area contributed by atoms with Gasteiger partial charge in [0.2, 0.25) is 0 Å². The standard InChI is InChI=1S/C16H17N/c1-2-8-14(9-3-1)16-15-11-5-4-7-13(15)10-6-12-17-16/h1-5,7-9,11,16-17H,6,10,12H2/t16-/m1/s1. The molecule has 3 rings (SSSR count). The summed E-state index contributed by atoms with van der Waals surface area (Å²) in [5, 5.41) is 3.65. The van der Waals surface area contributed by atoms with Gasteiger partial charge in [-0.05, 0) is 36.1 Å². The van der Waals surface area contributed by atoms with E-state index < -0.39 is 0 Å². The highest BCUT2D eigenvalue weighted by molar-refractivity contribution is 5.38. The molecule has 1 heterocycles. The van der Waals surface area contributed by atoms with Gasteiger partial charge in [-0.2, -0.15) is 0 Å². The molecule has 1 aliphatic heterocycles. The first-order chi connectivity index (χ1) is 8.45. The number of fused-ring (bicyclic) bond motifs is 1. The Labute approximate surface area is 102 Å². The number of hydrogen-bond acceptors (Lipinski definition) is 1. The maximum atomic E-state index is 3.65. The topological polar surface area (TPSA) is 12.0 Å². The molecule has 1 atom stereocenters. The number of nitrogens with one attached hydrogen (secondary N) is 1. The summed E-state index contributed by atoms with van der Waals surface area (Å²) in [5.41, 5.74) is 4.30. The van der Waals surface area contributed by atoms with Gasteiger partial charge in [0.15, 0.2) is 0 Å². The van der Waals surface area contributed by atoms with Crippen LogP contribution in [0.5, 0.6) is 0 Å². The first-order valence-electron chi connectivity index (χ1n) is 6.31. The van der Waals surface area contributed by atoms with Gasteiger partial charge >= 0.3 is 0 Å². The average Bonchev–Trinajstić information content (AvgIpc) is 2.62. The molecule has 17 heavy (non-hydrogen) atoms. The van der Waals surface area contributed by atoms with E-state index in [-0.39, 0.29) is 0 Å². The Morgan fingerprint density at radius 1 is 0.882 bits per heavy atom. The molecule has 2 aromatic carbocycles. The Hall–Kier alpha value is -1.60. The molecule has 1 N–H and O–H groups in total. The summed E-state index contributed by atoms with van der Waals surface area (Å²) >= 11 is 0. The summed E-state index contributed by atoms with van der Waals surface area (Å²) in [6, 6.07) is 19.9. The second-order valence-corrected chi connectivity index (χ2v) is 4.60. The molecule has 1 heteroatoms. The van der Waals surface area contributed by atoms with E-state index in [0.29, 0.717) is 6.04 Å². The van der Waals surface area contributed by atoms with Crippen LogP contribution in [0.2, 0.25) is 0 Å². The summed E-state index contributed by atoms with van der Waals surface area (Å²) < 4.78 is 0. The molecule has 2 aromatic rings.